The number of fused-ring (bicyclic) bond motifs is 1. The summed E-state index contributed by atoms with van der Waals surface area (Å²) in [5.41, 5.74) is 1.57. The molecule has 8 heteroatoms. The summed E-state index contributed by atoms with van der Waals surface area (Å²) in [4.78, 5) is 27.5. The summed E-state index contributed by atoms with van der Waals surface area (Å²) in [6.45, 7) is 7.29. The van der Waals surface area contributed by atoms with Crippen molar-refractivity contribution in [3.05, 3.63) is 47.7 Å². The van der Waals surface area contributed by atoms with E-state index in [1.807, 2.05) is 12.1 Å². The van der Waals surface area contributed by atoms with E-state index < -0.39 is 0 Å². The molecule has 0 bridgehead atoms. The molecule has 0 atom stereocenters. The molecule has 1 amide bonds. The molecule has 1 N–H and O–H groups in total. The summed E-state index contributed by atoms with van der Waals surface area (Å²) in [5.74, 6) is 2.72. The number of rotatable bonds is 3. The molecular formula is C19H22N6O2. The fourth-order valence-corrected chi connectivity index (χ4v) is 2.99. The standard InChI is InChI=1S/C19H22N6O2/c1-19(2,3)18-21-13-11-25(9-6-14(13)27-18)16(26)10-15-22-17(24-23-15)12-4-7-20-8-5-12/h4-5,7-8H,6,9-11H2,1-3H3,(H,22,23,24). The van der Waals surface area contributed by atoms with E-state index in [1.165, 1.54) is 0 Å². The maximum absolute atomic E-state index is 12.7. The van der Waals surface area contributed by atoms with Crippen LogP contribution in [0, 0.1) is 0 Å². The molecule has 1 aliphatic heterocycles. The maximum atomic E-state index is 12.7. The van der Waals surface area contributed by atoms with Crippen molar-refractivity contribution < 1.29 is 9.21 Å². The lowest BCUT2D eigenvalue weighted by Crippen LogP contribution is -2.37. The average molecular weight is 366 g/mol. The van der Waals surface area contributed by atoms with Gasteiger partial charge < -0.3 is 9.32 Å². The summed E-state index contributed by atoms with van der Waals surface area (Å²) in [5, 5.41) is 7.04. The molecule has 8 nitrogen and oxygen atoms in total. The number of oxazole rings is 1. The van der Waals surface area contributed by atoms with Crippen LogP contribution in [-0.2, 0) is 29.6 Å². The van der Waals surface area contributed by atoms with Gasteiger partial charge >= 0.3 is 0 Å². The highest BCUT2D eigenvalue weighted by Crippen LogP contribution is 2.27. The number of aromatic amines is 1. The highest BCUT2D eigenvalue weighted by Gasteiger charge is 2.29. The number of nitrogens with one attached hydrogen (secondary N) is 1. The van der Waals surface area contributed by atoms with Gasteiger partial charge in [-0.05, 0) is 12.1 Å². The van der Waals surface area contributed by atoms with Crippen LogP contribution in [0.15, 0.2) is 28.9 Å². The number of hydrogen-bond acceptors (Lipinski definition) is 6. The van der Waals surface area contributed by atoms with Crippen LogP contribution in [0.4, 0.5) is 0 Å². The van der Waals surface area contributed by atoms with E-state index in [2.05, 4.69) is 45.9 Å². The topological polar surface area (TPSA) is 101 Å². The first-order valence-electron chi connectivity index (χ1n) is 8.98. The smallest absolute Gasteiger partial charge is 0.230 e. The second kappa shape index (κ2) is 6.61. The number of hydrogen-bond donors (Lipinski definition) is 1. The molecule has 1 aliphatic rings. The molecule has 0 aliphatic carbocycles. The minimum absolute atomic E-state index is 0.00149. The second-order valence-corrected chi connectivity index (χ2v) is 7.72. The molecular weight excluding hydrogens is 344 g/mol. The van der Waals surface area contributed by atoms with Gasteiger partial charge in [0.2, 0.25) is 5.91 Å². The number of pyridine rings is 1. The van der Waals surface area contributed by atoms with E-state index in [0.717, 1.165) is 22.9 Å². The number of carbonyl (C=O) groups excluding carboxylic acids is 1. The van der Waals surface area contributed by atoms with Crippen molar-refractivity contribution in [1.82, 2.24) is 30.0 Å². The average Bonchev–Trinajstić information content (AvgIpc) is 3.28. The minimum atomic E-state index is -0.143. The molecule has 0 spiro atoms. The zero-order valence-electron chi connectivity index (χ0n) is 15.7. The van der Waals surface area contributed by atoms with E-state index >= 15 is 0 Å². The van der Waals surface area contributed by atoms with E-state index in [0.29, 0.717) is 31.2 Å². The fourth-order valence-electron chi connectivity index (χ4n) is 2.99. The third-order valence-corrected chi connectivity index (χ3v) is 4.51. The van der Waals surface area contributed by atoms with E-state index in [4.69, 9.17) is 4.42 Å². The molecule has 4 heterocycles. The van der Waals surface area contributed by atoms with Crippen LogP contribution in [0.5, 0.6) is 0 Å². The first kappa shape index (κ1) is 17.4. The van der Waals surface area contributed by atoms with Crippen molar-refractivity contribution in [1.29, 1.82) is 0 Å². The van der Waals surface area contributed by atoms with Gasteiger partial charge in [0.25, 0.3) is 0 Å². The number of nitrogens with zero attached hydrogens (tertiary/aromatic N) is 5. The Labute approximate surface area is 157 Å². The molecule has 0 fully saturated rings. The predicted octanol–water partition coefficient (Wildman–Crippen LogP) is 2.28. The molecule has 3 aromatic rings. The molecule has 140 valence electrons. The summed E-state index contributed by atoms with van der Waals surface area (Å²) < 4.78 is 5.89. The van der Waals surface area contributed by atoms with Gasteiger partial charge in [-0.1, -0.05) is 20.8 Å². The summed E-state index contributed by atoms with van der Waals surface area (Å²) in [7, 11) is 0. The van der Waals surface area contributed by atoms with E-state index in [9.17, 15) is 4.79 Å². The second-order valence-electron chi connectivity index (χ2n) is 7.72. The lowest BCUT2D eigenvalue weighted by Gasteiger charge is -2.24. The van der Waals surface area contributed by atoms with E-state index in [1.54, 1.807) is 17.3 Å². The Morgan fingerprint density at radius 3 is 2.78 bits per heavy atom. The molecule has 3 aromatic heterocycles. The molecule has 0 unspecified atom stereocenters. The van der Waals surface area contributed by atoms with Gasteiger partial charge in [-0.25, -0.2) is 9.97 Å². The normalized spacial score (nSPS) is 14.3. The van der Waals surface area contributed by atoms with Crippen LogP contribution in [0.2, 0.25) is 0 Å². The van der Waals surface area contributed by atoms with Crippen molar-refractivity contribution in [2.75, 3.05) is 6.54 Å². The molecule has 0 saturated heterocycles. The molecule has 27 heavy (non-hydrogen) atoms. The Morgan fingerprint density at radius 1 is 1.26 bits per heavy atom. The highest BCUT2D eigenvalue weighted by atomic mass is 16.4. The third kappa shape index (κ3) is 3.60. The predicted molar refractivity (Wildman–Crippen MR) is 97.6 cm³/mol. The molecule has 4 rings (SSSR count). The number of aromatic nitrogens is 5. The van der Waals surface area contributed by atoms with Crippen molar-refractivity contribution in [3.8, 4) is 11.4 Å². The van der Waals surface area contributed by atoms with Crippen LogP contribution in [0.3, 0.4) is 0 Å². The molecule has 0 saturated carbocycles. The maximum Gasteiger partial charge on any atom is 0.230 e. The third-order valence-electron chi connectivity index (χ3n) is 4.51. The quantitative estimate of drug-likeness (QED) is 0.763. The number of amides is 1. The van der Waals surface area contributed by atoms with Gasteiger partial charge in [-0.3, -0.25) is 14.9 Å². The summed E-state index contributed by atoms with van der Waals surface area (Å²) in [6, 6.07) is 3.66. The zero-order chi connectivity index (χ0) is 19.0. The summed E-state index contributed by atoms with van der Waals surface area (Å²) in [6.07, 6.45) is 4.23. The van der Waals surface area contributed by atoms with Gasteiger partial charge in [0.05, 0.1) is 13.0 Å². The van der Waals surface area contributed by atoms with Gasteiger partial charge in [0.1, 0.15) is 17.3 Å². The lowest BCUT2D eigenvalue weighted by atomic mass is 9.97. The Balaban J connectivity index is 1.44. The van der Waals surface area contributed by atoms with Gasteiger partial charge in [0, 0.05) is 36.3 Å². The first-order valence-corrected chi connectivity index (χ1v) is 8.98. The Hall–Kier alpha value is -3.03. The van der Waals surface area contributed by atoms with Crippen LogP contribution < -0.4 is 0 Å². The SMILES string of the molecule is CC(C)(C)c1nc2c(o1)CCN(C(=O)Cc1nc(-c3ccncc3)n[nH]1)C2. The monoisotopic (exact) mass is 366 g/mol. The van der Waals surface area contributed by atoms with Crippen molar-refractivity contribution in [2.24, 2.45) is 0 Å². The minimum Gasteiger partial charge on any atom is -0.445 e. The van der Waals surface area contributed by atoms with Crippen LogP contribution in [0.25, 0.3) is 11.4 Å². The Morgan fingerprint density at radius 2 is 2.04 bits per heavy atom. The van der Waals surface area contributed by atoms with Crippen molar-refractivity contribution >= 4 is 5.91 Å². The lowest BCUT2D eigenvalue weighted by molar-refractivity contribution is -0.131. The summed E-state index contributed by atoms with van der Waals surface area (Å²) >= 11 is 0. The van der Waals surface area contributed by atoms with Crippen LogP contribution in [-0.4, -0.2) is 42.5 Å². The number of H-pyrrole nitrogens is 1. The van der Waals surface area contributed by atoms with Gasteiger partial charge in [0.15, 0.2) is 11.7 Å². The van der Waals surface area contributed by atoms with Crippen molar-refractivity contribution in [3.63, 3.8) is 0 Å². The first-order chi connectivity index (χ1) is 12.9. The molecule has 0 radical (unpaired) electrons. The van der Waals surface area contributed by atoms with Gasteiger partial charge in [-0.2, -0.15) is 5.10 Å². The van der Waals surface area contributed by atoms with Gasteiger partial charge in [-0.15, -0.1) is 0 Å². The largest absolute Gasteiger partial charge is 0.445 e. The van der Waals surface area contributed by atoms with Crippen molar-refractivity contribution in [2.45, 2.75) is 45.6 Å². The molecule has 0 aromatic carbocycles. The van der Waals surface area contributed by atoms with Crippen LogP contribution >= 0.6 is 0 Å². The van der Waals surface area contributed by atoms with Crippen LogP contribution in [0.1, 0.15) is 43.9 Å². The number of carbonyl (C=O) groups is 1. The Bertz CT molecular complexity index is 954. The highest BCUT2D eigenvalue weighted by molar-refractivity contribution is 5.78. The van der Waals surface area contributed by atoms with E-state index in [-0.39, 0.29) is 17.7 Å². The Kier molecular flexibility index (Phi) is 4.25. The zero-order valence-corrected chi connectivity index (χ0v) is 15.7. The fraction of sp³-hybridized carbons (Fsp3) is 0.421.